The molecule has 2 N–H and O–H groups in total. The molecular weight excluding hydrogens is 444 g/mol. The molecule has 1 aliphatic rings. The second-order valence-corrected chi connectivity index (χ2v) is 8.54. The fourth-order valence-electron chi connectivity index (χ4n) is 3.55. The number of carbonyl (C=O) groups excluding carboxylic acids is 1. The highest BCUT2D eigenvalue weighted by Crippen LogP contribution is 2.29. The Morgan fingerprint density at radius 1 is 1.12 bits per heavy atom. The van der Waals surface area contributed by atoms with Crippen molar-refractivity contribution in [1.82, 2.24) is 10.2 Å². The number of hydrogen-bond donors (Lipinski definition) is 2. The van der Waals surface area contributed by atoms with Crippen LogP contribution in [0.4, 0.5) is 11.4 Å². The van der Waals surface area contributed by atoms with Gasteiger partial charge in [-0.25, -0.2) is 0 Å². The molecule has 1 amide bonds. The molecule has 1 fully saturated rings. The number of ether oxygens (including phenoxy) is 1. The summed E-state index contributed by atoms with van der Waals surface area (Å²) in [4.78, 5) is 17.3. The highest BCUT2D eigenvalue weighted by atomic mass is 35.5. The van der Waals surface area contributed by atoms with Crippen LogP contribution in [0.5, 0.6) is 5.75 Å². The van der Waals surface area contributed by atoms with Crippen LogP contribution in [0.1, 0.15) is 37.0 Å². The SMILES string of the molecule is CCCCOc1cccc(C(=O)NC(=S)Nc2ccc(N3CCN(CC)CC3)c(Cl)c2)c1. The minimum Gasteiger partial charge on any atom is -0.494 e. The molecule has 1 heterocycles. The van der Waals surface area contributed by atoms with Crippen LogP contribution >= 0.6 is 23.8 Å². The van der Waals surface area contributed by atoms with Gasteiger partial charge >= 0.3 is 0 Å². The van der Waals surface area contributed by atoms with Gasteiger partial charge in [-0.1, -0.05) is 37.9 Å². The number of halogens is 1. The summed E-state index contributed by atoms with van der Waals surface area (Å²) in [5.41, 5.74) is 2.23. The molecular formula is C24H31ClN4O2S. The number of rotatable bonds is 8. The predicted molar refractivity (Wildman–Crippen MR) is 136 cm³/mol. The Morgan fingerprint density at radius 3 is 2.59 bits per heavy atom. The third-order valence-corrected chi connectivity index (χ3v) is 5.96. The van der Waals surface area contributed by atoms with E-state index in [0.29, 0.717) is 22.9 Å². The number of hydrogen-bond acceptors (Lipinski definition) is 5. The van der Waals surface area contributed by atoms with Crippen molar-refractivity contribution in [3.05, 3.63) is 53.1 Å². The molecule has 3 rings (SSSR count). The minimum absolute atomic E-state index is 0.215. The number of likely N-dealkylation sites (N-methyl/N-ethyl adjacent to an activating group) is 1. The van der Waals surface area contributed by atoms with E-state index in [2.05, 4.69) is 34.3 Å². The predicted octanol–water partition coefficient (Wildman–Crippen LogP) is 4.79. The Labute approximate surface area is 200 Å². The van der Waals surface area contributed by atoms with Gasteiger partial charge < -0.3 is 19.9 Å². The topological polar surface area (TPSA) is 56.8 Å². The number of nitrogens with zero attached hydrogens (tertiary/aromatic N) is 2. The maximum Gasteiger partial charge on any atom is 0.257 e. The van der Waals surface area contributed by atoms with E-state index in [1.165, 1.54) is 0 Å². The zero-order valence-electron chi connectivity index (χ0n) is 18.7. The van der Waals surface area contributed by atoms with Crippen LogP contribution in [0.2, 0.25) is 5.02 Å². The van der Waals surface area contributed by atoms with Crippen LogP contribution in [0, 0.1) is 0 Å². The molecule has 0 aliphatic carbocycles. The number of amides is 1. The first-order valence-electron chi connectivity index (χ1n) is 11.1. The van der Waals surface area contributed by atoms with Crippen molar-refractivity contribution in [2.45, 2.75) is 26.7 Å². The lowest BCUT2D eigenvalue weighted by Crippen LogP contribution is -2.46. The molecule has 2 aromatic rings. The van der Waals surface area contributed by atoms with Gasteiger partial charge in [0.1, 0.15) is 5.75 Å². The van der Waals surface area contributed by atoms with Crippen molar-refractivity contribution in [3.8, 4) is 5.75 Å². The van der Waals surface area contributed by atoms with Crippen molar-refractivity contribution in [3.63, 3.8) is 0 Å². The average molecular weight is 475 g/mol. The molecule has 8 heteroatoms. The molecule has 0 aromatic heterocycles. The summed E-state index contributed by atoms with van der Waals surface area (Å²) in [5, 5.41) is 6.63. The first-order chi connectivity index (χ1) is 15.5. The van der Waals surface area contributed by atoms with E-state index in [0.717, 1.165) is 56.9 Å². The highest BCUT2D eigenvalue weighted by Gasteiger charge is 2.18. The fourth-order valence-corrected chi connectivity index (χ4v) is 4.06. The summed E-state index contributed by atoms with van der Waals surface area (Å²) in [7, 11) is 0. The quantitative estimate of drug-likeness (QED) is 0.424. The van der Waals surface area contributed by atoms with Crippen molar-refractivity contribution in [2.75, 3.05) is 49.5 Å². The van der Waals surface area contributed by atoms with Crippen LogP contribution < -0.4 is 20.3 Å². The lowest BCUT2D eigenvalue weighted by Gasteiger charge is -2.36. The van der Waals surface area contributed by atoms with Crippen LogP contribution in [-0.4, -0.2) is 55.3 Å². The van der Waals surface area contributed by atoms with E-state index in [1.54, 1.807) is 18.2 Å². The maximum absolute atomic E-state index is 12.6. The van der Waals surface area contributed by atoms with Gasteiger partial charge in [-0.3, -0.25) is 10.1 Å². The lowest BCUT2D eigenvalue weighted by molar-refractivity contribution is 0.0977. The second kappa shape index (κ2) is 12.0. The molecule has 0 saturated carbocycles. The van der Waals surface area contributed by atoms with Gasteiger partial charge in [-0.15, -0.1) is 0 Å². The molecule has 0 spiro atoms. The largest absolute Gasteiger partial charge is 0.494 e. The second-order valence-electron chi connectivity index (χ2n) is 7.73. The molecule has 172 valence electrons. The van der Waals surface area contributed by atoms with Gasteiger partial charge in [0.2, 0.25) is 0 Å². The Balaban J connectivity index is 1.55. The molecule has 0 unspecified atom stereocenters. The Kier molecular flexibility index (Phi) is 9.14. The van der Waals surface area contributed by atoms with Gasteiger partial charge in [0.15, 0.2) is 5.11 Å². The van der Waals surface area contributed by atoms with E-state index in [1.807, 2.05) is 24.3 Å². The van der Waals surface area contributed by atoms with Crippen LogP contribution in [0.15, 0.2) is 42.5 Å². The Bertz CT molecular complexity index is 932. The van der Waals surface area contributed by atoms with Crippen molar-refractivity contribution in [1.29, 1.82) is 0 Å². The molecule has 0 radical (unpaired) electrons. The van der Waals surface area contributed by atoms with Crippen molar-refractivity contribution in [2.24, 2.45) is 0 Å². The molecule has 1 saturated heterocycles. The molecule has 0 bridgehead atoms. The number of unbranched alkanes of at least 4 members (excludes halogenated alkanes) is 1. The maximum atomic E-state index is 12.6. The standard InChI is InChI=1S/C24H31ClN4O2S/c1-3-5-15-31-20-8-6-7-18(16-20)23(30)27-24(32)26-19-9-10-22(21(25)17-19)29-13-11-28(4-2)12-14-29/h6-10,16-17H,3-5,11-15H2,1-2H3,(H2,26,27,30,32). The zero-order chi connectivity index (χ0) is 22.9. The average Bonchev–Trinajstić information content (AvgIpc) is 2.79. The van der Waals surface area contributed by atoms with E-state index >= 15 is 0 Å². The summed E-state index contributed by atoms with van der Waals surface area (Å²) in [6, 6.07) is 12.8. The van der Waals surface area contributed by atoms with Crippen LogP contribution in [0.25, 0.3) is 0 Å². The summed E-state index contributed by atoms with van der Waals surface area (Å²) >= 11 is 11.9. The van der Waals surface area contributed by atoms with E-state index in [9.17, 15) is 4.79 Å². The summed E-state index contributed by atoms with van der Waals surface area (Å²) in [6.07, 6.45) is 2.03. The van der Waals surface area contributed by atoms with Crippen molar-refractivity contribution >= 4 is 46.2 Å². The number of anilines is 2. The van der Waals surface area contributed by atoms with Gasteiger partial charge in [-0.05, 0) is 61.6 Å². The normalized spacial score (nSPS) is 14.2. The molecule has 32 heavy (non-hydrogen) atoms. The van der Waals surface area contributed by atoms with Gasteiger partial charge in [0.25, 0.3) is 5.91 Å². The third kappa shape index (κ3) is 6.82. The van der Waals surface area contributed by atoms with Gasteiger partial charge in [0.05, 0.1) is 17.3 Å². The molecule has 6 nitrogen and oxygen atoms in total. The molecule has 0 atom stereocenters. The number of carbonyl (C=O) groups is 1. The first-order valence-corrected chi connectivity index (χ1v) is 11.9. The molecule has 1 aliphatic heterocycles. The van der Waals surface area contributed by atoms with E-state index in [4.69, 9.17) is 28.6 Å². The highest BCUT2D eigenvalue weighted by molar-refractivity contribution is 7.80. The molecule has 2 aromatic carbocycles. The summed E-state index contributed by atoms with van der Waals surface area (Å²) in [5.74, 6) is 0.382. The zero-order valence-corrected chi connectivity index (χ0v) is 20.3. The van der Waals surface area contributed by atoms with Crippen molar-refractivity contribution < 1.29 is 9.53 Å². The summed E-state index contributed by atoms with van der Waals surface area (Å²) < 4.78 is 5.67. The lowest BCUT2D eigenvalue weighted by atomic mass is 10.2. The number of thiocarbonyl (C=S) groups is 1. The van der Waals surface area contributed by atoms with Crippen LogP contribution in [-0.2, 0) is 0 Å². The van der Waals surface area contributed by atoms with Crippen LogP contribution in [0.3, 0.4) is 0 Å². The van der Waals surface area contributed by atoms with Gasteiger partial charge in [-0.2, -0.15) is 0 Å². The van der Waals surface area contributed by atoms with E-state index < -0.39 is 0 Å². The van der Waals surface area contributed by atoms with E-state index in [-0.39, 0.29) is 11.0 Å². The number of nitrogens with one attached hydrogen (secondary N) is 2. The minimum atomic E-state index is -0.292. The number of piperazine rings is 1. The Hall–Kier alpha value is -2.35. The van der Waals surface area contributed by atoms with Gasteiger partial charge in [0, 0.05) is 37.4 Å². The fraction of sp³-hybridized carbons (Fsp3) is 0.417. The number of benzene rings is 2. The first kappa shape index (κ1) is 24.3. The summed E-state index contributed by atoms with van der Waals surface area (Å²) in [6.45, 7) is 9.97. The monoisotopic (exact) mass is 474 g/mol. The third-order valence-electron chi connectivity index (χ3n) is 5.46. The Morgan fingerprint density at radius 2 is 1.91 bits per heavy atom. The smallest absolute Gasteiger partial charge is 0.257 e.